The summed E-state index contributed by atoms with van der Waals surface area (Å²) in [5.74, 6) is -0.650. The second-order valence-electron chi connectivity index (χ2n) is 4.28. The molecule has 2 rings (SSSR count). The van der Waals surface area contributed by atoms with Crippen LogP contribution >= 0.6 is 0 Å². The molecule has 1 unspecified atom stereocenters. The van der Waals surface area contributed by atoms with Crippen LogP contribution in [0.15, 0.2) is 36.7 Å². The van der Waals surface area contributed by atoms with Gasteiger partial charge in [0, 0.05) is 30.1 Å². The highest BCUT2D eigenvalue weighted by Crippen LogP contribution is 2.25. The number of carbonyl (C=O) groups excluding carboxylic acids is 2. The Balaban J connectivity index is 2.23. The van der Waals surface area contributed by atoms with Gasteiger partial charge in [-0.2, -0.15) is 0 Å². The molecule has 0 spiro atoms. The molecule has 0 fully saturated rings. The molecule has 1 heterocycles. The number of aromatic nitrogens is 1. The fourth-order valence-electron chi connectivity index (χ4n) is 1.85. The van der Waals surface area contributed by atoms with Crippen molar-refractivity contribution < 1.29 is 19.1 Å². The van der Waals surface area contributed by atoms with Crippen LogP contribution in [0.2, 0.25) is 0 Å². The molecule has 0 saturated heterocycles. The quantitative estimate of drug-likeness (QED) is 0.632. The zero-order valence-corrected chi connectivity index (χ0v) is 11.3. The van der Waals surface area contributed by atoms with Gasteiger partial charge in [-0.25, -0.2) is 4.79 Å². The van der Waals surface area contributed by atoms with Crippen molar-refractivity contribution in [2.75, 3.05) is 0 Å². The summed E-state index contributed by atoms with van der Waals surface area (Å²) < 4.78 is 10.3. The van der Waals surface area contributed by atoms with E-state index < -0.39 is 18.0 Å². The van der Waals surface area contributed by atoms with Gasteiger partial charge in [-0.05, 0) is 18.6 Å². The van der Waals surface area contributed by atoms with Gasteiger partial charge >= 0.3 is 11.9 Å². The third-order valence-electron chi connectivity index (χ3n) is 2.79. The molecule has 0 aliphatic carbocycles. The van der Waals surface area contributed by atoms with Crippen LogP contribution in [0, 0.1) is 0 Å². The van der Waals surface area contributed by atoms with Crippen molar-refractivity contribution in [3.63, 3.8) is 0 Å². The normalized spacial score (nSPS) is 11.9. The molecule has 0 amide bonds. The van der Waals surface area contributed by atoms with Gasteiger partial charge in [0.25, 0.3) is 0 Å². The van der Waals surface area contributed by atoms with E-state index in [2.05, 4.69) is 4.98 Å². The second kappa shape index (κ2) is 6.14. The summed E-state index contributed by atoms with van der Waals surface area (Å²) in [6.07, 6.45) is 2.80. The van der Waals surface area contributed by atoms with Gasteiger partial charge in [0.15, 0.2) is 6.10 Å². The molecule has 5 nitrogen and oxygen atoms in total. The standard InChI is InChI=1S/C15H15NO4/c1-3-13(19-10(2)17)15(18)20-14-6-4-5-11-9-16-8-7-12(11)14/h4-9,13H,3H2,1-2H3. The SMILES string of the molecule is CCC(OC(C)=O)C(=O)Oc1cccc2cnccc12. The summed E-state index contributed by atoms with van der Waals surface area (Å²) in [7, 11) is 0. The molecular formula is C15H15NO4. The van der Waals surface area contributed by atoms with Crippen molar-refractivity contribution >= 4 is 22.7 Å². The summed E-state index contributed by atoms with van der Waals surface area (Å²) >= 11 is 0. The molecule has 5 heteroatoms. The third kappa shape index (κ3) is 3.12. The molecule has 0 N–H and O–H groups in total. The number of nitrogens with zero attached hydrogens (tertiary/aromatic N) is 1. The highest BCUT2D eigenvalue weighted by Gasteiger charge is 2.22. The first-order valence-electron chi connectivity index (χ1n) is 6.33. The van der Waals surface area contributed by atoms with Crippen LogP contribution in [0.3, 0.4) is 0 Å². The molecule has 0 saturated carbocycles. The second-order valence-corrected chi connectivity index (χ2v) is 4.28. The van der Waals surface area contributed by atoms with Crippen LogP contribution in [0.4, 0.5) is 0 Å². The minimum atomic E-state index is -0.885. The number of esters is 2. The molecule has 20 heavy (non-hydrogen) atoms. The molecule has 1 aromatic carbocycles. The van der Waals surface area contributed by atoms with Crippen LogP contribution in [0.25, 0.3) is 10.8 Å². The van der Waals surface area contributed by atoms with Crippen molar-refractivity contribution in [1.82, 2.24) is 4.98 Å². The molecule has 0 radical (unpaired) electrons. The van der Waals surface area contributed by atoms with E-state index in [4.69, 9.17) is 9.47 Å². The largest absolute Gasteiger partial charge is 0.451 e. The van der Waals surface area contributed by atoms with Gasteiger partial charge in [-0.3, -0.25) is 9.78 Å². The fraction of sp³-hybridized carbons (Fsp3) is 0.267. The number of hydrogen-bond acceptors (Lipinski definition) is 5. The smallest absolute Gasteiger partial charge is 0.352 e. The van der Waals surface area contributed by atoms with Gasteiger partial charge in [-0.1, -0.05) is 19.1 Å². The maximum Gasteiger partial charge on any atom is 0.352 e. The van der Waals surface area contributed by atoms with Crippen molar-refractivity contribution in [2.24, 2.45) is 0 Å². The molecule has 104 valence electrons. The minimum absolute atomic E-state index is 0.366. The Morgan fingerprint density at radius 1 is 1.30 bits per heavy atom. The van der Waals surface area contributed by atoms with Gasteiger partial charge in [-0.15, -0.1) is 0 Å². The van der Waals surface area contributed by atoms with Gasteiger partial charge in [0.2, 0.25) is 0 Å². The minimum Gasteiger partial charge on any atom is -0.451 e. The summed E-state index contributed by atoms with van der Waals surface area (Å²) in [6, 6.07) is 7.12. The first kappa shape index (κ1) is 14.0. The van der Waals surface area contributed by atoms with E-state index >= 15 is 0 Å². The zero-order valence-electron chi connectivity index (χ0n) is 11.3. The predicted octanol–water partition coefficient (Wildman–Crippen LogP) is 2.48. The molecule has 1 atom stereocenters. The lowest BCUT2D eigenvalue weighted by molar-refractivity contribution is -0.160. The Labute approximate surface area is 116 Å². The van der Waals surface area contributed by atoms with Crippen molar-refractivity contribution in [3.8, 4) is 5.75 Å². The van der Waals surface area contributed by atoms with E-state index in [9.17, 15) is 9.59 Å². The Bertz CT molecular complexity index is 633. The van der Waals surface area contributed by atoms with E-state index in [0.29, 0.717) is 12.2 Å². The average Bonchev–Trinajstić information content (AvgIpc) is 2.45. The summed E-state index contributed by atoms with van der Waals surface area (Å²) in [6.45, 7) is 3.02. The van der Waals surface area contributed by atoms with Crippen LogP contribution < -0.4 is 4.74 Å². The lowest BCUT2D eigenvalue weighted by atomic mass is 10.1. The molecule has 0 aliphatic rings. The Kier molecular flexibility index (Phi) is 4.30. The first-order chi connectivity index (χ1) is 9.61. The summed E-state index contributed by atoms with van der Waals surface area (Å²) in [5.41, 5.74) is 0. The van der Waals surface area contributed by atoms with Crippen LogP contribution in [0.5, 0.6) is 5.75 Å². The molecule has 2 aromatic rings. The lowest BCUT2D eigenvalue weighted by Gasteiger charge is -2.14. The van der Waals surface area contributed by atoms with Crippen LogP contribution in [-0.4, -0.2) is 23.0 Å². The van der Waals surface area contributed by atoms with E-state index in [1.54, 1.807) is 37.5 Å². The number of pyridine rings is 1. The molecule has 0 aliphatic heterocycles. The average molecular weight is 273 g/mol. The first-order valence-corrected chi connectivity index (χ1v) is 6.33. The summed E-state index contributed by atoms with van der Waals surface area (Å²) in [5, 5.41) is 1.66. The van der Waals surface area contributed by atoms with Gasteiger partial charge in [0.1, 0.15) is 5.75 Å². The van der Waals surface area contributed by atoms with E-state index in [1.807, 2.05) is 6.07 Å². The number of hydrogen-bond donors (Lipinski definition) is 0. The van der Waals surface area contributed by atoms with Gasteiger partial charge in [0.05, 0.1) is 0 Å². The van der Waals surface area contributed by atoms with E-state index in [1.165, 1.54) is 6.92 Å². The topological polar surface area (TPSA) is 65.5 Å². The van der Waals surface area contributed by atoms with E-state index in [0.717, 1.165) is 10.8 Å². The Morgan fingerprint density at radius 2 is 2.10 bits per heavy atom. The van der Waals surface area contributed by atoms with E-state index in [-0.39, 0.29) is 0 Å². The number of ether oxygens (including phenoxy) is 2. The lowest BCUT2D eigenvalue weighted by Crippen LogP contribution is -2.29. The molecule has 0 bridgehead atoms. The fourth-order valence-corrected chi connectivity index (χ4v) is 1.85. The zero-order chi connectivity index (χ0) is 14.5. The maximum absolute atomic E-state index is 12.0. The Hall–Kier alpha value is -2.43. The number of fused-ring (bicyclic) bond motifs is 1. The molecule has 1 aromatic heterocycles. The number of rotatable bonds is 4. The van der Waals surface area contributed by atoms with Crippen LogP contribution in [-0.2, 0) is 14.3 Å². The van der Waals surface area contributed by atoms with Gasteiger partial charge < -0.3 is 9.47 Å². The summed E-state index contributed by atoms with van der Waals surface area (Å²) in [4.78, 5) is 27.0. The highest BCUT2D eigenvalue weighted by atomic mass is 16.6. The number of carbonyl (C=O) groups is 2. The molecular weight excluding hydrogens is 258 g/mol. The monoisotopic (exact) mass is 273 g/mol. The maximum atomic E-state index is 12.0. The highest BCUT2D eigenvalue weighted by molar-refractivity contribution is 5.90. The van der Waals surface area contributed by atoms with Crippen molar-refractivity contribution in [3.05, 3.63) is 36.7 Å². The third-order valence-corrected chi connectivity index (χ3v) is 2.79. The predicted molar refractivity (Wildman–Crippen MR) is 73.2 cm³/mol. The Morgan fingerprint density at radius 3 is 2.80 bits per heavy atom. The number of benzene rings is 1. The van der Waals surface area contributed by atoms with Crippen molar-refractivity contribution in [1.29, 1.82) is 0 Å². The van der Waals surface area contributed by atoms with Crippen molar-refractivity contribution in [2.45, 2.75) is 26.4 Å². The van der Waals surface area contributed by atoms with Crippen LogP contribution in [0.1, 0.15) is 20.3 Å².